The molecule has 2 N–H and O–H groups in total. The lowest BCUT2D eigenvalue weighted by Gasteiger charge is -2.25. The number of phenols is 1. The molecule has 0 saturated carbocycles. The summed E-state index contributed by atoms with van der Waals surface area (Å²) in [6, 6.07) is 20.1. The highest BCUT2D eigenvalue weighted by molar-refractivity contribution is 6.51. The lowest BCUT2D eigenvalue weighted by Crippen LogP contribution is -2.29. The number of rotatable bonds is 6. The van der Waals surface area contributed by atoms with Crippen molar-refractivity contribution in [2.75, 3.05) is 11.5 Å². The van der Waals surface area contributed by atoms with Crippen molar-refractivity contribution in [3.05, 3.63) is 95.1 Å². The van der Waals surface area contributed by atoms with Gasteiger partial charge in [-0.2, -0.15) is 5.26 Å². The number of nitriles is 1. The van der Waals surface area contributed by atoms with Gasteiger partial charge in [0, 0.05) is 11.3 Å². The number of carbonyl (C=O) groups is 2. The fraction of sp³-hybridized carbons (Fsp3) is 0.179. The molecule has 1 fully saturated rings. The predicted molar refractivity (Wildman–Crippen MR) is 131 cm³/mol. The summed E-state index contributed by atoms with van der Waals surface area (Å²) in [5, 5.41) is 30.1. The number of hydrogen-bond acceptors (Lipinski definition) is 6. The summed E-state index contributed by atoms with van der Waals surface area (Å²) in [5.74, 6) is -0.930. The number of nitrogens with zero attached hydrogens (tertiary/aromatic N) is 2. The molecule has 7 nitrogen and oxygen atoms in total. The Morgan fingerprint density at radius 3 is 2.20 bits per heavy atom. The SMILES string of the molecule is CC(C)COc1ccc(/C(O)=C2\C(=O)C(=O)N(c3ccc(C#N)cc3)C2c2ccc(O)cc2)cc1. The summed E-state index contributed by atoms with van der Waals surface area (Å²) >= 11 is 0. The molecular weight excluding hydrogens is 444 g/mol. The van der Waals surface area contributed by atoms with E-state index in [9.17, 15) is 19.8 Å². The van der Waals surface area contributed by atoms with Crippen molar-refractivity contribution < 1.29 is 24.5 Å². The van der Waals surface area contributed by atoms with Gasteiger partial charge in [0.2, 0.25) is 0 Å². The quantitative estimate of drug-likeness (QED) is 0.302. The van der Waals surface area contributed by atoms with Crippen LogP contribution in [0.2, 0.25) is 0 Å². The van der Waals surface area contributed by atoms with Crippen molar-refractivity contribution in [2.45, 2.75) is 19.9 Å². The second-order valence-electron chi connectivity index (χ2n) is 8.65. The van der Waals surface area contributed by atoms with Crippen molar-refractivity contribution in [3.8, 4) is 17.6 Å². The molecule has 0 bridgehead atoms. The van der Waals surface area contributed by atoms with E-state index >= 15 is 0 Å². The number of aromatic hydroxyl groups is 1. The number of aliphatic hydroxyl groups is 1. The number of phenolic OH excluding ortho intramolecular Hbond substituents is 1. The van der Waals surface area contributed by atoms with Gasteiger partial charge >= 0.3 is 0 Å². The Bertz CT molecular complexity index is 1320. The molecule has 7 heteroatoms. The fourth-order valence-corrected chi connectivity index (χ4v) is 3.89. The maximum absolute atomic E-state index is 13.2. The Labute approximate surface area is 203 Å². The maximum Gasteiger partial charge on any atom is 0.300 e. The van der Waals surface area contributed by atoms with Crippen molar-refractivity contribution >= 4 is 23.1 Å². The van der Waals surface area contributed by atoms with Gasteiger partial charge in [-0.15, -0.1) is 0 Å². The summed E-state index contributed by atoms with van der Waals surface area (Å²) in [5.41, 5.74) is 1.64. The van der Waals surface area contributed by atoms with Crippen LogP contribution in [0.3, 0.4) is 0 Å². The molecule has 4 rings (SSSR count). The Morgan fingerprint density at radius 2 is 1.63 bits per heavy atom. The van der Waals surface area contributed by atoms with Gasteiger partial charge in [-0.3, -0.25) is 14.5 Å². The number of amides is 1. The normalized spacial score (nSPS) is 17.0. The van der Waals surface area contributed by atoms with Gasteiger partial charge in [0.1, 0.15) is 17.3 Å². The van der Waals surface area contributed by atoms with Crippen LogP contribution in [0.25, 0.3) is 5.76 Å². The zero-order valence-corrected chi connectivity index (χ0v) is 19.3. The van der Waals surface area contributed by atoms with Crippen molar-refractivity contribution in [3.63, 3.8) is 0 Å². The Morgan fingerprint density at radius 1 is 1.00 bits per heavy atom. The Balaban J connectivity index is 1.81. The minimum atomic E-state index is -0.930. The van der Waals surface area contributed by atoms with E-state index in [-0.39, 0.29) is 17.1 Å². The van der Waals surface area contributed by atoms with Crippen molar-refractivity contribution in [1.29, 1.82) is 5.26 Å². The number of carbonyl (C=O) groups excluding carboxylic acids is 2. The summed E-state index contributed by atoms with van der Waals surface area (Å²) in [7, 11) is 0. The molecule has 1 atom stereocenters. The molecule has 0 aromatic heterocycles. The third-order valence-corrected chi connectivity index (χ3v) is 5.64. The molecule has 1 heterocycles. The molecule has 1 amide bonds. The average Bonchev–Trinajstić information content (AvgIpc) is 3.13. The monoisotopic (exact) mass is 468 g/mol. The average molecular weight is 469 g/mol. The second kappa shape index (κ2) is 9.74. The van der Waals surface area contributed by atoms with E-state index in [0.717, 1.165) is 0 Å². The fourth-order valence-electron chi connectivity index (χ4n) is 3.89. The Kier molecular flexibility index (Phi) is 6.56. The third-order valence-electron chi connectivity index (χ3n) is 5.64. The van der Waals surface area contributed by atoms with Crippen LogP contribution in [-0.2, 0) is 9.59 Å². The number of benzene rings is 3. The van der Waals surface area contributed by atoms with Crippen LogP contribution < -0.4 is 9.64 Å². The van der Waals surface area contributed by atoms with Gasteiger partial charge in [0.15, 0.2) is 0 Å². The predicted octanol–water partition coefficient (Wildman–Crippen LogP) is 4.92. The molecular formula is C28H24N2O5. The molecule has 0 aliphatic carbocycles. The van der Waals surface area contributed by atoms with Gasteiger partial charge in [-0.25, -0.2) is 0 Å². The Hall–Kier alpha value is -4.57. The number of hydrogen-bond donors (Lipinski definition) is 2. The third kappa shape index (κ3) is 4.73. The molecule has 176 valence electrons. The van der Waals surface area contributed by atoms with Gasteiger partial charge in [-0.1, -0.05) is 26.0 Å². The zero-order valence-electron chi connectivity index (χ0n) is 19.3. The first kappa shape index (κ1) is 23.6. The highest BCUT2D eigenvalue weighted by Gasteiger charge is 2.46. The smallest absolute Gasteiger partial charge is 0.300 e. The number of aliphatic hydroxyl groups excluding tert-OH is 1. The van der Waals surface area contributed by atoms with Crippen LogP contribution in [0.5, 0.6) is 11.5 Å². The van der Waals surface area contributed by atoms with Gasteiger partial charge < -0.3 is 14.9 Å². The molecule has 35 heavy (non-hydrogen) atoms. The van der Waals surface area contributed by atoms with Crippen LogP contribution in [0.15, 0.2) is 78.4 Å². The van der Waals surface area contributed by atoms with Crippen LogP contribution in [0.4, 0.5) is 5.69 Å². The lowest BCUT2D eigenvalue weighted by atomic mass is 9.95. The molecule has 1 aliphatic rings. The van der Waals surface area contributed by atoms with Gasteiger partial charge in [0.25, 0.3) is 11.7 Å². The molecule has 0 radical (unpaired) electrons. The number of ether oxygens (including phenoxy) is 1. The number of ketones is 1. The first-order valence-electron chi connectivity index (χ1n) is 11.1. The van der Waals surface area contributed by atoms with E-state index in [1.807, 2.05) is 19.9 Å². The zero-order chi connectivity index (χ0) is 25.1. The summed E-state index contributed by atoms with van der Waals surface area (Å²) in [4.78, 5) is 27.6. The van der Waals surface area contributed by atoms with E-state index in [1.54, 1.807) is 60.7 Å². The number of Topliss-reactive ketones (excluding diaryl/α,β-unsaturated/α-hetero) is 1. The highest BCUT2D eigenvalue weighted by atomic mass is 16.5. The minimum Gasteiger partial charge on any atom is -0.508 e. The van der Waals surface area contributed by atoms with E-state index < -0.39 is 17.7 Å². The summed E-state index contributed by atoms with van der Waals surface area (Å²) in [6.45, 7) is 4.62. The molecule has 1 unspecified atom stereocenters. The molecule has 1 saturated heterocycles. The standard InChI is InChI=1S/C28H24N2O5/c1-17(2)16-35-23-13-7-20(8-14-23)26(32)24-25(19-5-11-22(31)12-6-19)30(28(34)27(24)33)21-9-3-18(15-29)4-10-21/h3-14,17,25,31-32H,16H2,1-2H3/b26-24+. The highest BCUT2D eigenvalue weighted by Crippen LogP contribution is 2.42. The first-order valence-corrected chi connectivity index (χ1v) is 11.1. The van der Waals surface area contributed by atoms with Crippen molar-refractivity contribution in [2.24, 2.45) is 5.92 Å². The minimum absolute atomic E-state index is 0.0288. The number of anilines is 1. The van der Waals surface area contributed by atoms with Crippen LogP contribution in [0, 0.1) is 17.2 Å². The van der Waals surface area contributed by atoms with E-state index in [2.05, 4.69) is 0 Å². The molecule has 1 aliphatic heterocycles. The van der Waals surface area contributed by atoms with Gasteiger partial charge in [0.05, 0.1) is 29.9 Å². The first-order chi connectivity index (χ1) is 16.8. The lowest BCUT2D eigenvalue weighted by molar-refractivity contribution is -0.132. The van der Waals surface area contributed by atoms with Crippen LogP contribution in [0.1, 0.15) is 36.6 Å². The maximum atomic E-state index is 13.2. The summed E-state index contributed by atoms with van der Waals surface area (Å²) in [6.07, 6.45) is 0. The van der Waals surface area contributed by atoms with E-state index in [4.69, 9.17) is 10.00 Å². The van der Waals surface area contributed by atoms with Crippen molar-refractivity contribution in [1.82, 2.24) is 0 Å². The largest absolute Gasteiger partial charge is 0.508 e. The van der Waals surface area contributed by atoms with Gasteiger partial charge in [-0.05, 0) is 72.1 Å². The molecule has 3 aromatic rings. The summed E-state index contributed by atoms with van der Waals surface area (Å²) < 4.78 is 5.69. The van der Waals surface area contributed by atoms with Crippen LogP contribution >= 0.6 is 0 Å². The topological polar surface area (TPSA) is 111 Å². The van der Waals surface area contributed by atoms with E-state index in [1.165, 1.54) is 17.0 Å². The molecule has 3 aromatic carbocycles. The second-order valence-corrected chi connectivity index (χ2v) is 8.65. The van der Waals surface area contributed by atoms with Crippen LogP contribution in [-0.4, -0.2) is 28.5 Å². The van der Waals surface area contributed by atoms with E-state index in [0.29, 0.717) is 40.7 Å². The molecule has 0 spiro atoms.